The van der Waals surface area contributed by atoms with Crippen molar-refractivity contribution in [3.05, 3.63) is 24.7 Å². The molecule has 1 aliphatic carbocycles. The van der Waals surface area contributed by atoms with Crippen LogP contribution >= 0.6 is 0 Å². The van der Waals surface area contributed by atoms with Crippen LogP contribution in [0.5, 0.6) is 0 Å². The van der Waals surface area contributed by atoms with Crippen LogP contribution in [0.2, 0.25) is 0 Å². The Balaban J connectivity index is 0.000000331. The summed E-state index contributed by atoms with van der Waals surface area (Å²) in [4.78, 5) is 21.4. The lowest BCUT2D eigenvalue weighted by Crippen LogP contribution is -2.23. The molecule has 4 heteroatoms. The lowest BCUT2D eigenvalue weighted by Gasteiger charge is -2.14. The van der Waals surface area contributed by atoms with Crippen molar-refractivity contribution in [3.8, 4) is 0 Å². The van der Waals surface area contributed by atoms with Gasteiger partial charge in [0.15, 0.2) is 11.6 Å². The van der Waals surface area contributed by atoms with E-state index in [0.29, 0.717) is 12.8 Å². The van der Waals surface area contributed by atoms with Crippen LogP contribution in [0.3, 0.4) is 0 Å². The van der Waals surface area contributed by atoms with Crippen LogP contribution in [-0.4, -0.2) is 21.8 Å². The van der Waals surface area contributed by atoms with Crippen LogP contribution < -0.4 is 0 Å². The van der Waals surface area contributed by atoms with E-state index in [9.17, 15) is 9.59 Å². The number of hydrogen-bond acceptors (Lipinski definition) is 4. The van der Waals surface area contributed by atoms with E-state index in [1.807, 2.05) is 0 Å². The number of rotatable bonds is 4. The molecule has 4 nitrogen and oxygen atoms in total. The highest BCUT2D eigenvalue weighted by atomic mass is 16.5. The molecule has 1 aliphatic rings. The third-order valence-electron chi connectivity index (χ3n) is 2.72. The number of ketones is 2. The zero-order valence-corrected chi connectivity index (χ0v) is 10.9. The first-order chi connectivity index (χ1) is 8.51. The number of allylic oxidation sites excluding steroid dienone is 2. The molecule has 2 N–H and O–H groups in total. The summed E-state index contributed by atoms with van der Waals surface area (Å²) in [5.41, 5.74) is 0. The Kier molecular flexibility index (Phi) is 8.62. The standard InChI is InChI=1S/C8H10O2.C6H12O2/c1-2-6-3-4-7(9)8(10)5-6;1-2-3-4-5-6(7)8/h2,6H,1,3-5H2;5,7-8H,2-4H2,1H3. The van der Waals surface area contributed by atoms with Crippen molar-refractivity contribution >= 4 is 11.6 Å². The summed E-state index contributed by atoms with van der Waals surface area (Å²) in [5, 5.41) is 16.4. The molecule has 0 aromatic heterocycles. The summed E-state index contributed by atoms with van der Waals surface area (Å²) >= 11 is 0. The Bertz CT molecular complexity index is 314. The largest absolute Gasteiger partial charge is 0.481 e. The first kappa shape index (κ1) is 16.4. The normalized spacial score (nSPS) is 18.6. The van der Waals surface area contributed by atoms with Gasteiger partial charge in [-0.1, -0.05) is 19.4 Å². The smallest absolute Gasteiger partial charge is 0.269 e. The fourth-order valence-electron chi connectivity index (χ4n) is 1.55. The van der Waals surface area contributed by atoms with E-state index in [1.54, 1.807) is 6.08 Å². The number of aliphatic hydroxyl groups excluding tert-OH is 1. The van der Waals surface area contributed by atoms with Gasteiger partial charge >= 0.3 is 0 Å². The maximum absolute atomic E-state index is 10.8. The number of unbranched alkanes of at least 4 members (excludes halogenated alkanes) is 2. The van der Waals surface area contributed by atoms with Crippen molar-refractivity contribution in [1.82, 2.24) is 0 Å². The minimum absolute atomic E-state index is 0.210. The fourth-order valence-corrected chi connectivity index (χ4v) is 1.55. The molecule has 0 saturated heterocycles. The van der Waals surface area contributed by atoms with Crippen molar-refractivity contribution in [3.63, 3.8) is 0 Å². The van der Waals surface area contributed by atoms with Crippen LogP contribution in [0.4, 0.5) is 0 Å². The molecule has 0 heterocycles. The van der Waals surface area contributed by atoms with Crippen LogP contribution in [0.25, 0.3) is 0 Å². The highest BCUT2D eigenvalue weighted by molar-refractivity contribution is 6.37. The van der Waals surface area contributed by atoms with Crippen LogP contribution in [0, 0.1) is 5.92 Å². The second kappa shape index (κ2) is 9.45. The van der Waals surface area contributed by atoms with Gasteiger partial charge in [-0.2, -0.15) is 0 Å². The minimum Gasteiger partial charge on any atom is -0.481 e. The van der Waals surface area contributed by atoms with Gasteiger partial charge < -0.3 is 10.2 Å². The monoisotopic (exact) mass is 254 g/mol. The van der Waals surface area contributed by atoms with Gasteiger partial charge in [0.1, 0.15) is 0 Å². The minimum atomic E-state index is -0.557. The molecule has 0 spiro atoms. The molecule has 1 saturated carbocycles. The Morgan fingerprint density at radius 1 is 1.39 bits per heavy atom. The summed E-state index contributed by atoms with van der Waals surface area (Å²) in [6, 6.07) is 0. The zero-order chi connectivity index (χ0) is 14.0. The fraction of sp³-hybridized carbons (Fsp3) is 0.571. The zero-order valence-electron chi connectivity index (χ0n) is 10.9. The van der Waals surface area contributed by atoms with E-state index in [1.165, 1.54) is 6.08 Å². The van der Waals surface area contributed by atoms with Crippen molar-refractivity contribution in [1.29, 1.82) is 0 Å². The number of carbonyl (C=O) groups excluding carboxylic acids is 2. The number of carbonyl (C=O) groups is 2. The Hall–Kier alpha value is -1.58. The summed E-state index contributed by atoms with van der Waals surface area (Å²) in [6.07, 6.45) is 7.62. The van der Waals surface area contributed by atoms with Gasteiger partial charge in [-0.3, -0.25) is 9.59 Å². The average Bonchev–Trinajstić information content (AvgIpc) is 2.33. The Morgan fingerprint density at radius 3 is 2.50 bits per heavy atom. The molecular weight excluding hydrogens is 232 g/mol. The molecule has 0 amide bonds. The van der Waals surface area contributed by atoms with Crippen LogP contribution in [-0.2, 0) is 9.59 Å². The lowest BCUT2D eigenvalue weighted by molar-refractivity contribution is -0.138. The van der Waals surface area contributed by atoms with Gasteiger partial charge in [-0.25, -0.2) is 0 Å². The van der Waals surface area contributed by atoms with E-state index in [2.05, 4.69) is 13.5 Å². The van der Waals surface area contributed by atoms with E-state index >= 15 is 0 Å². The lowest BCUT2D eigenvalue weighted by atomic mass is 9.88. The molecule has 0 aliphatic heterocycles. The topological polar surface area (TPSA) is 74.6 Å². The van der Waals surface area contributed by atoms with E-state index in [4.69, 9.17) is 10.2 Å². The molecule has 0 bridgehead atoms. The predicted octanol–water partition coefficient (Wildman–Crippen LogP) is 3.24. The van der Waals surface area contributed by atoms with Crippen LogP contribution in [0.1, 0.15) is 45.4 Å². The molecule has 0 aromatic carbocycles. The molecule has 18 heavy (non-hydrogen) atoms. The van der Waals surface area contributed by atoms with Gasteiger partial charge in [0.25, 0.3) is 5.95 Å². The Labute approximate surface area is 108 Å². The summed E-state index contributed by atoms with van der Waals surface area (Å²) < 4.78 is 0. The average molecular weight is 254 g/mol. The summed E-state index contributed by atoms with van der Waals surface area (Å²) in [7, 11) is 0. The molecule has 1 fully saturated rings. The van der Waals surface area contributed by atoms with Crippen molar-refractivity contribution in [2.75, 3.05) is 0 Å². The Morgan fingerprint density at radius 2 is 2.06 bits per heavy atom. The highest BCUT2D eigenvalue weighted by Gasteiger charge is 2.23. The number of aliphatic hydroxyl groups is 2. The SMILES string of the molecule is C=CC1CCC(=O)C(=O)C1.CCCCC=C(O)O. The second-order valence-electron chi connectivity index (χ2n) is 4.29. The molecule has 1 unspecified atom stereocenters. The van der Waals surface area contributed by atoms with Gasteiger partial charge in [0, 0.05) is 12.8 Å². The van der Waals surface area contributed by atoms with Gasteiger partial charge in [0.2, 0.25) is 0 Å². The predicted molar refractivity (Wildman–Crippen MR) is 70.4 cm³/mol. The molecule has 1 rings (SSSR count). The summed E-state index contributed by atoms with van der Waals surface area (Å²) in [5.74, 6) is -0.752. The van der Waals surface area contributed by atoms with Gasteiger partial charge in [-0.05, 0) is 31.3 Å². The first-order valence-corrected chi connectivity index (χ1v) is 6.27. The molecule has 102 valence electrons. The van der Waals surface area contributed by atoms with Gasteiger partial charge in [-0.15, -0.1) is 6.58 Å². The quantitative estimate of drug-likeness (QED) is 0.349. The second-order valence-corrected chi connectivity index (χ2v) is 4.29. The third-order valence-corrected chi connectivity index (χ3v) is 2.72. The maximum atomic E-state index is 10.8. The number of hydrogen-bond donors (Lipinski definition) is 2. The van der Waals surface area contributed by atoms with Gasteiger partial charge in [0.05, 0.1) is 0 Å². The molecule has 1 atom stereocenters. The molecular formula is C14H22O4. The van der Waals surface area contributed by atoms with Crippen LogP contribution in [0.15, 0.2) is 24.7 Å². The summed E-state index contributed by atoms with van der Waals surface area (Å²) in [6.45, 7) is 5.64. The van der Waals surface area contributed by atoms with Crippen molar-refractivity contribution in [2.45, 2.75) is 45.4 Å². The van der Waals surface area contributed by atoms with E-state index < -0.39 is 5.95 Å². The third kappa shape index (κ3) is 7.65. The van der Waals surface area contributed by atoms with E-state index in [0.717, 1.165) is 25.7 Å². The van der Waals surface area contributed by atoms with Crippen molar-refractivity contribution in [2.24, 2.45) is 5.92 Å². The molecule has 0 aromatic rings. The maximum Gasteiger partial charge on any atom is 0.269 e. The first-order valence-electron chi connectivity index (χ1n) is 6.27. The number of Topliss-reactive ketones (excluding diaryl/α,β-unsaturated/α-hetero) is 2. The molecule has 0 radical (unpaired) electrons. The van der Waals surface area contributed by atoms with Crippen molar-refractivity contribution < 1.29 is 19.8 Å². The highest BCUT2D eigenvalue weighted by Crippen LogP contribution is 2.19. The van der Waals surface area contributed by atoms with E-state index in [-0.39, 0.29) is 17.5 Å².